The van der Waals surface area contributed by atoms with Gasteiger partial charge in [-0.05, 0) is 62.3 Å². The molecule has 0 heterocycles. The molecule has 160 valence electrons. The number of nitrogens with zero attached hydrogens (tertiary/aromatic N) is 1. The number of carbonyl (C=O) groups is 1. The highest BCUT2D eigenvalue weighted by Gasteiger charge is 2.42. The lowest BCUT2D eigenvalue weighted by atomic mass is 9.69. The van der Waals surface area contributed by atoms with E-state index in [1.165, 1.54) is 7.11 Å². The Bertz CT molecular complexity index is 921. The molecular formula is C25H31NO4. The summed E-state index contributed by atoms with van der Waals surface area (Å²) in [6.45, 7) is 0.804. The Morgan fingerprint density at radius 3 is 2.67 bits per heavy atom. The monoisotopic (exact) mass is 409 g/mol. The van der Waals surface area contributed by atoms with Crippen molar-refractivity contribution in [3.63, 3.8) is 0 Å². The minimum Gasteiger partial charge on any atom is -0.497 e. The van der Waals surface area contributed by atoms with Crippen molar-refractivity contribution in [2.45, 2.75) is 24.9 Å². The number of ether oxygens (including phenoxy) is 2. The van der Waals surface area contributed by atoms with E-state index in [4.69, 9.17) is 9.47 Å². The second-order valence-corrected chi connectivity index (χ2v) is 8.25. The summed E-state index contributed by atoms with van der Waals surface area (Å²) in [7, 11) is 7.10. The number of hydrogen-bond donors (Lipinski definition) is 1. The van der Waals surface area contributed by atoms with Crippen LogP contribution >= 0.6 is 0 Å². The van der Waals surface area contributed by atoms with Crippen LogP contribution in [0.3, 0.4) is 0 Å². The van der Waals surface area contributed by atoms with E-state index < -0.39 is 5.60 Å². The van der Waals surface area contributed by atoms with Crippen LogP contribution in [-0.2, 0) is 10.3 Å². The van der Waals surface area contributed by atoms with E-state index in [2.05, 4.69) is 11.0 Å². The van der Waals surface area contributed by atoms with Gasteiger partial charge in [-0.15, -0.1) is 0 Å². The zero-order chi connectivity index (χ0) is 21.7. The van der Waals surface area contributed by atoms with Gasteiger partial charge in [0, 0.05) is 18.9 Å². The quantitative estimate of drug-likeness (QED) is 0.728. The summed E-state index contributed by atoms with van der Waals surface area (Å²) in [6.07, 6.45) is 4.42. The number of benzene rings is 2. The molecule has 2 aromatic rings. The lowest BCUT2D eigenvalue weighted by molar-refractivity contribution is -0.0472. The van der Waals surface area contributed by atoms with Crippen molar-refractivity contribution in [1.82, 2.24) is 4.90 Å². The number of methoxy groups -OCH3 is 2. The molecule has 0 amide bonds. The van der Waals surface area contributed by atoms with Gasteiger partial charge in [-0.2, -0.15) is 0 Å². The fourth-order valence-corrected chi connectivity index (χ4v) is 4.32. The van der Waals surface area contributed by atoms with Gasteiger partial charge in [0.05, 0.1) is 25.4 Å². The van der Waals surface area contributed by atoms with Gasteiger partial charge in [0.1, 0.15) is 5.75 Å². The molecule has 5 nitrogen and oxygen atoms in total. The molecule has 5 heteroatoms. The summed E-state index contributed by atoms with van der Waals surface area (Å²) in [6, 6.07) is 15.1. The van der Waals surface area contributed by atoms with Gasteiger partial charge < -0.3 is 19.5 Å². The molecule has 2 aromatic carbocycles. The molecule has 1 aliphatic carbocycles. The van der Waals surface area contributed by atoms with Crippen LogP contribution in [0.2, 0.25) is 0 Å². The molecule has 1 saturated carbocycles. The summed E-state index contributed by atoms with van der Waals surface area (Å²) in [5.74, 6) is 0.502. The van der Waals surface area contributed by atoms with E-state index in [0.29, 0.717) is 12.0 Å². The molecule has 1 fully saturated rings. The lowest BCUT2D eigenvalue weighted by Gasteiger charge is -2.43. The first kappa shape index (κ1) is 22.1. The third-order valence-electron chi connectivity index (χ3n) is 5.82. The van der Waals surface area contributed by atoms with Gasteiger partial charge in [-0.1, -0.05) is 35.9 Å². The summed E-state index contributed by atoms with van der Waals surface area (Å²) < 4.78 is 10.2. The Labute approximate surface area is 178 Å². The molecule has 2 unspecified atom stereocenters. The minimum absolute atomic E-state index is 0.109. The van der Waals surface area contributed by atoms with Gasteiger partial charge in [0.25, 0.3) is 0 Å². The van der Waals surface area contributed by atoms with Crippen LogP contribution < -0.4 is 4.74 Å². The smallest absolute Gasteiger partial charge is 0.337 e. The molecule has 1 N–H and O–H groups in total. The van der Waals surface area contributed by atoms with Gasteiger partial charge in [-0.25, -0.2) is 4.79 Å². The number of carbonyl (C=O) groups excluding carboxylic acids is 1. The molecular weight excluding hydrogens is 378 g/mol. The normalized spacial score (nSPS) is 22.9. The third-order valence-corrected chi connectivity index (χ3v) is 5.82. The largest absolute Gasteiger partial charge is 0.497 e. The first-order valence-corrected chi connectivity index (χ1v) is 10.2. The van der Waals surface area contributed by atoms with Crippen LogP contribution in [0.5, 0.6) is 5.75 Å². The average molecular weight is 410 g/mol. The van der Waals surface area contributed by atoms with E-state index in [1.54, 1.807) is 13.2 Å². The zero-order valence-corrected chi connectivity index (χ0v) is 18.2. The number of esters is 1. The molecule has 0 aliphatic heterocycles. The van der Waals surface area contributed by atoms with Gasteiger partial charge >= 0.3 is 5.97 Å². The van der Waals surface area contributed by atoms with E-state index in [1.807, 2.05) is 56.6 Å². The highest BCUT2D eigenvalue weighted by molar-refractivity contribution is 5.90. The van der Waals surface area contributed by atoms with Crippen molar-refractivity contribution in [2.24, 2.45) is 5.92 Å². The molecule has 1 aliphatic rings. The van der Waals surface area contributed by atoms with Crippen molar-refractivity contribution in [2.75, 3.05) is 34.9 Å². The summed E-state index contributed by atoms with van der Waals surface area (Å²) in [5.41, 5.74) is 2.52. The molecule has 0 radical (unpaired) electrons. The maximum Gasteiger partial charge on any atom is 0.337 e. The van der Waals surface area contributed by atoms with Crippen LogP contribution in [0.4, 0.5) is 0 Å². The van der Waals surface area contributed by atoms with Crippen LogP contribution in [0.15, 0.2) is 54.1 Å². The van der Waals surface area contributed by atoms with Crippen LogP contribution in [0, 0.1) is 5.92 Å². The Morgan fingerprint density at radius 1 is 1.20 bits per heavy atom. The third kappa shape index (κ3) is 4.91. The van der Waals surface area contributed by atoms with Crippen LogP contribution in [0.25, 0.3) is 6.08 Å². The molecule has 30 heavy (non-hydrogen) atoms. The Hall–Kier alpha value is -2.63. The minimum atomic E-state index is -0.983. The van der Waals surface area contributed by atoms with Crippen LogP contribution in [0.1, 0.15) is 40.7 Å². The van der Waals surface area contributed by atoms with Gasteiger partial charge in [0.15, 0.2) is 0 Å². The Balaban J connectivity index is 1.95. The molecule has 0 saturated heterocycles. The van der Waals surface area contributed by atoms with Gasteiger partial charge in [-0.3, -0.25) is 0 Å². The van der Waals surface area contributed by atoms with E-state index in [-0.39, 0.29) is 11.9 Å². The second kappa shape index (κ2) is 9.45. The topological polar surface area (TPSA) is 59.0 Å². The summed E-state index contributed by atoms with van der Waals surface area (Å²) >= 11 is 0. The maximum atomic E-state index is 11.9. The second-order valence-electron chi connectivity index (χ2n) is 8.25. The first-order chi connectivity index (χ1) is 14.4. The van der Waals surface area contributed by atoms with E-state index >= 15 is 0 Å². The fraction of sp³-hybridized carbons (Fsp3) is 0.400. The van der Waals surface area contributed by atoms with Crippen molar-refractivity contribution in [3.8, 4) is 5.75 Å². The molecule has 3 rings (SSSR count). The van der Waals surface area contributed by atoms with Crippen molar-refractivity contribution in [1.29, 1.82) is 0 Å². The highest BCUT2D eigenvalue weighted by atomic mass is 16.5. The standard InChI is InChI=1S/C25H31NO4/c1-26(2)17-22-12-11-19(13-18-7-5-8-20(14-18)24(27)30-4)16-25(22,28)21-9-6-10-23(15-21)29-3/h5-10,13-15,22,28H,11-12,16-17H2,1-4H3/b19-13-. The first-order valence-electron chi connectivity index (χ1n) is 10.2. The average Bonchev–Trinajstić information content (AvgIpc) is 2.75. The Kier molecular flexibility index (Phi) is 6.95. The maximum absolute atomic E-state index is 11.9. The predicted molar refractivity (Wildman–Crippen MR) is 119 cm³/mol. The highest BCUT2D eigenvalue weighted by Crippen LogP contribution is 2.45. The van der Waals surface area contributed by atoms with Crippen molar-refractivity contribution >= 4 is 12.0 Å². The lowest BCUT2D eigenvalue weighted by Crippen LogP contribution is -2.43. The SMILES string of the molecule is COC(=O)c1cccc(/C=C2/CCC(CN(C)C)C(O)(c3cccc(OC)c3)C2)c1. The fourth-order valence-electron chi connectivity index (χ4n) is 4.32. The number of aliphatic hydroxyl groups is 1. The van der Waals surface area contributed by atoms with Gasteiger partial charge in [0.2, 0.25) is 0 Å². The van der Waals surface area contributed by atoms with Crippen molar-refractivity contribution in [3.05, 3.63) is 70.8 Å². The summed E-state index contributed by atoms with van der Waals surface area (Å²) in [5, 5.41) is 11.9. The summed E-state index contributed by atoms with van der Waals surface area (Å²) in [4.78, 5) is 14.0. The van der Waals surface area contributed by atoms with E-state index in [0.717, 1.165) is 41.8 Å². The Morgan fingerprint density at radius 2 is 1.97 bits per heavy atom. The number of rotatable bonds is 6. The molecule has 2 atom stereocenters. The predicted octanol–water partition coefficient (Wildman–Crippen LogP) is 4.11. The zero-order valence-electron chi connectivity index (χ0n) is 18.2. The molecule has 0 spiro atoms. The molecule has 0 bridgehead atoms. The van der Waals surface area contributed by atoms with Crippen molar-refractivity contribution < 1.29 is 19.4 Å². The molecule has 0 aromatic heterocycles. The van der Waals surface area contributed by atoms with Crippen LogP contribution in [-0.4, -0.2) is 50.8 Å². The van der Waals surface area contributed by atoms with E-state index in [9.17, 15) is 9.90 Å². The number of hydrogen-bond acceptors (Lipinski definition) is 5.